The van der Waals surface area contributed by atoms with Gasteiger partial charge in [-0.05, 0) is 64.8 Å². The summed E-state index contributed by atoms with van der Waals surface area (Å²) in [5.74, 6) is 0.924. The van der Waals surface area contributed by atoms with Gasteiger partial charge in [-0.1, -0.05) is 48.6 Å². The molecule has 0 bridgehead atoms. The third-order valence-electron chi connectivity index (χ3n) is 8.04. The number of hydrogen-bond acceptors (Lipinski definition) is 16. The number of rotatable bonds is 9. The van der Waals surface area contributed by atoms with Crippen molar-refractivity contribution in [1.29, 1.82) is 0 Å². The summed E-state index contributed by atoms with van der Waals surface area (Å²) >= 11 is -2.58. The summed E-state index contributed by atoms with van der Waals surface area (Å²) in [6, 6.07) is 15.6. The van der Waals surface area contributed by atoms with Crippen LogP contribution in [-0.2, 0) is 36.1 Å². The van der Waals surface area contributed by atoms with Gasteiger partial charge in [0.1, 0.15) is 37.1 Å². The van der Waals surface area contributed by atoms with Gasteiger partial charge in [0.2, 0.25) is 11.9 Å². The standard InChI is InChI=1S/C32H28N8O9S3.3Na/c1-19-33-31(36-32(34-19)39-12-14-49-15-13-39)35-22-10-8-20(28(16-22)51(43,44)45)6-7-21-9-11-23(17-29(21)52(46,47)48)40-37-26-18-27(50(41)42)24-4-2-3-5-25(24)30(26)38-40;;;/h2-11,16-18H,12-15H2,1H3,(H,41,42)(H,43,44,45)(H,46,47,48)(H,33,34,35,36);;;/q;3*+1/p-3. The molecule has 1 aliphatic rings. The van der Waals surface area contributed by atoms with Crippen LogP contribution in [0.4, 0.5) is 17.6 Å². The number of nitrogens with one attached hydrogen (secondary N) is 1. The van der Waals surface area contributed by atoms with Crippen LogP contribution in [0.1, 0.15) is 17.0 Å². The largest absolute Gasteiger partial charge is 1.00 e. The second-order valence-electron chi connectivity index (χ2n) is 11.5. The Labute approximate surface area is 384 Å². The summed E-state index contributed by atoms with van der Waals surface area (Å²) in [5, 5.41) is 12.6. The first kappa shape index (κ1) is 45.5. The number of aromatic nitrogens is 6. The van der Waals surface area contributed by atoms with Crippen molar-refractivity contribution >= 4 is 82.9 Å². The van der Waals surface area contributed by atoms with Crippen molar-refractivity contribution in [2.24, 2.45) is 0 Å². The van der Waals surface area contributed by atoms with Crippen LogP contribution in [0, 0.1) is 6.92 Å². The van der Waals surface area contributed by atoms with Gasteiger partial charge in [-0.15, -0.1) is 10.2 Å². The van der Waals surface area contributed by atoms with E-state index in [0.717, 1.165) is 16.9 Å². The SMILES string of the molecule is Cc1nc(Nc2ccc(C=Cc3ccc(-n4nc5cc(S(=O)[O-])c6ccccc6c5n4)cc3S(=O)(=O)[O-])c(S(=O)(=O)[O-])c2)nc(N2CCOCC2)n1.[Na+].[Na+].[Na+]. The van der Waals surface area contributed by atoms with E-state index in [1.165, 1.54) is 42.5 Å². The van der Waals surface area contributed by atoms with E-state index >= 15 is 0 Å². The molecule has 0 aliphatic carbocycles. The Balaban J connectivity index is 0.00000224. The first-order valence-corrected chi connectivity index (χ1v) is 19.2. The summed E-state index contributed by atoms with van der Waals surface area (Å²) in [6.45, 7) is 3.83. The Morgan fingerprint density at radius 3 is 2.05 bits per heavy atom. The summed E-state index contributed by atoms with van der Waals surface area (Å²) in [4.78, 5) is 14.7. The van der Waals surface area contributed by atoms with E-state index in [9.17, 15) is 34.7 Å². The smallest absolute Gasteiger partial charge is 0.768 e. The van der Waals surface area contributed by atoms with Gasteiger partial charge in [-0.25, -0.2) is 16.8 Å². The molecule has 1 saturated heterocycles. The maximum atomic E-state index is 12.4. The summed E-state index contributed by atoms with van der Waals surface area (Å²) in [5.41, 5.74) is 0.600. The van der Waals surface area contributed by atoms with Gasteiger partial charge in [0.25, 0.3) is 0 Å². The average molecular weight is 831 g/mol. The molecule has 4 aromatic carbocycles. The molecule has 2 aromatic heterocycles. The number of fused-ring (bicyclic) bond motifs is 3. The summed E-state index contributed by atoms with van der Waals surface area (Å²) in [6.07, 6.45) is 2.38. The number of ether oxygens (including phenoxy) is 1. The topological polar surface area (TPSA) is 248 Å². The first-order chi connectivity index (χ1) is 24.7. The predicted molar refractivity (Wildman–Crippen MR) is 186 cm³/mol. The van der Waals surface area contributed by atoms with Gasteiger partial charge in [0.05, 0.1) is 28.7 Å². The third kappa shape index (κ3) is 10.3. The molecule has 1 N–H and O–H groups in total. The van der Waals surface area contributed by atoms with Crippen molar-refractivity contribution in [1.82, 2.24) is 29.9 Å². The molecule has 0 spiro atoms. The fourth-order valence-corrected chi connectivity index (χ4v) is 7.62. The normalized spacial score (nSPS) is 13.9. The molecule has 1 fully saturated rings. The Morgan fingerprint density at radius 2 is 1.42 bits per heavy atom. The Morgan fingerprint density at radius 1 is 0.800 bits per heavy atom. The zero-order valence-corrected chi connectivity index (χ0v) is 38.3. The van der Waals surface area contributed by atoms with Crippen LogP contribution in [0.5, 0.6) is 0 Å². The number of nitrogens with zero attached hydrogens (tertiary/aromatic N) is 7. The Kier molecular flexibility index (Phi) is 15.4. The quantitative estimate of drug-likeness (QED) is 0.0616. The summed E-state index contributed by atoms with van der Waals surface area (Å²) < 4.78 is 103. The zero-order valence-electron chi connectivity index (χ0n) is 29.9. The van der Waals surface area contributed by atoms with Gasteiger partial charge in [0, 0.05) is 29.1 Å². The third-order valence-corrected chi connectivity index (χ3v) is 10.5. The second-order valence-corrected chi connectivity index (χ2v) is 15.1. The van der Waals surface area contributed by atoms with E-state index in [-0.39, 0.29) is 128 Å². The minimum absolute atomic E-state index is 0. The Bertz CT molecular complexity index is 2680. The van der Waals surface area contributed by atoms with Crippen molar-refractivity contribution in [3.8, 4) is 5.69 Å². The van der Waals surface area contributed by atoms with Crippen LogP contribution >= 0.6 is 0 Å². The van der Waals surface area contributed by atoms with Crippen LogP contribution in [0.15, 0.2) is 81.4 Å². The minimum Gasteiger partial charge on any atom is -0.768 e. The van der Waals surface area contributed by atoms with E-state index < -0.39 is 41.1 Å². The molecule has 55 heavy (non-hydrogen) atoms. The van der Waals surface area contributed by atoms with E-state index in [0.29, 0.717) is 54.4 Å². The molecule has 6 aromatic rings. The fourth-order valence-electron chi connectivity index (χ4n) is 5.67. The van der Waals surface area contributed by atoms with Crippen LogP contribution in [0.2, 0.25) is 0 Å². The van der Waals surface area contributed by atoms with E-state index in [1.807, 2.05) is 4.90 Å². The predicted octanol–water partition coefficient (Wildman–Crippen LogP) is -6.12. The molecule has 0 amide bonds. The van der Waals surface area contributed by atoms with E-state index in [2.05, 4.69) is 30.5 Å². The monoisotopic (exact) mass is 830 g/mol. The molecule has 0 radical (unpaired) electrons. The van der Waals surface area contributed by atoms with Gasteiger partial charge < -0.3 is 28.6 Å². The number of anilines is 3. The minimum atomic E-state index is -5.12. The molecular formula is C32H25N8Na3O9S3. The molecule has 3 heterocycles. The number of benzene rings is 4. The molecule has 0 saturated carbocycles. The van der Waals surface area contributed by atoms with Gasteiger partial charge in [0.15, 0.2) is 0 Å². The van der Waals surface area contributed by atoms with Gasteiger partial charge >= 0.3 is 88.7 Å². The van der Waals surface area contributed by atoms with Crippen molar-refractivity contribution in [2.45, 2.75) is 21.6 Å². The molecule has 268 valence electrons. The zero-order chi connectivity index (χ0) is 36.8. The van der Waals surface area contributed by atoms with Crippen LogP contribution in [0.3, 0.4) is 0 Å². The fraction of sp³-hybridized carbons (Fsp3) is 0.156. The molecule has 1 atom stereocenters. The van der Waals surface area contributed by atoms with Crippen LogP contribution < -0.4 is 98.9 Å². The van der Waals surface area contributed by atoms with Crippen LogP contribution in [0.25, 0.3) is 39.6 Å². The van der Waals surface area contributed by atoms with Gasteiger partial charge in [-0.3, -0.25) is 4.21 Å². The Hall–Kier alpha value is -2.22. The van der Waals surface area contributed by atoms with Crippen molar-refractivity contribution in [3.63, 3.8) is 0 Å². The molecular weight excluding hydrogens is 806 g/mol. The van der Waals surface area contributed by atoms with Crippen molar-refractivity contribution in [2.75, 3.05) is 36.5 Å². The first-order valence-electron chi connectivity index (χ1n) is 15.3. The molecule has 1 unspecified atom stereocenters. The molecule has 1 aliphatic heterocycles. The van der Waals surface area contributed by atoms with Crippen LogP contribution in [-0.4, -0.2) is 91.0 Å². The maximum Gasteiger partial charge on any atom is 1.00 e. The maximum absolute atomic E-state index is 12.4. The number of hydrogen-bond donors (Lipinski definition) is 1. The second kappa shape index (κ2) is 18.6. The van der Waals surface area contributed by atoms with Crippen molar-refractivity contribution in [3.05, 3.63) is 83.7 Å². The van der Waals surface area contributed by atoms with Gasteiger partial charge in [-0.2, -0.15) is 19.7 Å². The van der Waals surface area contributed by atoms with E-state index in [4.69, 9.17) is 4.74 Å². The number of aryl methyl sites for hydroxylation is 1. The molecule has 17 nitrogen and oxygen atoms in total. The molecule has 23 heteroatoms. The average Bonchev–Trinajstić information content (AvgIpc) is 3.55. The van der Waals surface area contributed by atoms with Crippen molar-refractivity contribution < 1.29 is 128 Å². The summed E-state index contributed by atoms with van der Waals surface area (Å²) in [7, 11) is -10.2. The number of morpholine rings is 1. The molecule has 7 rings (SSSR count). The van der Waals surface area contributed by atoms with E-state index in [1.54, 1.807) is 31.2 Å².